The molecule has 1 aromatic heterocycles. The third kappa shape index (κ3) is 7.65. The van der Waals surface area contributed by atoms with Crippen molar-refractivity contribution in [3.05, 3.63) is 59.8 Å². The maximum atomic E-state index is 13.1. The lowest BCUT2D eigenvalue weighted by Gasteiger charge is -2.22. The molecule has 0 fully saturated rings. The monoisotopic (exact) mass is 509 g/mol. The number of aryl methyl sites for hydroxylation is 1. The van der Waals surface area contributed by atoms with Gasteiger partial charge in [-0.3, -0.25) is 0 Å². The second-order valence-corrected chi connectivity index (χ2v) is 11.8. The van der Waals surface area contributed by atoms with Crippen LogP contribution in [-0.2, 0) is 0 Å². The molecule has 188 valence electrons. The highest BCUT2D eigenvalue weighted by atomic mass is 32.2. The van der Waals surface area contributed by atoms with E-state index in [2.05, 4.69) is 92.7 Å². The van der Waals surface area contributed by atoms with Crippen molar-refractivity contribution in [2.45, 2.75) is 69.7 Å². The topological polar surface area (TPSA) is 54.0 Å². The fraction of sp³-hybridized carbons (Fsp3) is 0.448. The van der Waals surface area contributed by atoms with Gasteiger partial charge in [-0.05, 0) is 52.7 Å². The number of hydrogen-bond donors (Lipinski definition) is 2. The summed E-state index contributed by atoms with van der Waals surface area (Å²) in [5.41, 5.74) is 3.24. The van der Waals surface area contributed by atoms with Crippen LogP contribution in [0.4, 0.5) is 10.5 Å². The van der Waals surface area contributed by atoms with Gasteiger partial charge in [0, 0.05) is 23.6 Å². The van der Waals surface area contributed by atoms with Crippen LogP contribution < -0.4 is 10.6 Å². The number of urea groups is 1. The van der Waals surface area contributed by atoms with Gasteiger partial charge in [0.15, 0.2) is 0 Å². The van der Waals surface area contributed by atoms with Gasteiger partial charge in [0.25, 0.3) is 0 Å². The Morgan fingerprint density at radius 2 is 1.74 bits per heavy atom. The number of hydrogen-bond acceptors (Lipinski definition) is 4. The number of thioether (sulfide) groups is 2. The van der Waals surface area contributed by atoms with Gasteiger partial charge in [0.05, 0.1) is 5.69 Å². The molecule has 0 saturated carbocycles. The zero-order valence-electron chi connectivity index (χ0n) is 21.7. The summed E-state index contributed by atoms with van der Waals surface area (Å²) in [6.07, 6.45) is 5.29. The summed E-state index contributed by atoms with van der Waals surface area (Å²) in [4.78, 5) is 18.9. The van der Waals surface area contributed by atoms with Gasteiger partial charge in [-0.15, -0.1) is 23.5 Å². The first kappa shape index (κ1) is 27.4. The van der Waals surface area contributed by atoms with Gasteiger partial charge in [0.2, 0.25) is 0 Å². The second-order valence-electron chi connectivity index (χ2n) is 9.24. The van der Waals surface area contributed by atoms with E-state index >= 15 is 0 Å². The summed E-state index contributed by atoms with van der Waals surface area (Å²) in [6, 6.07) is 14.9. The van der Waals surface area contributed by atoms with Crippen LogP contribution in [0.3, 0.4) is 0 Å². The van der Waals surface area contributed by atoms with E-state index in [9.17, 15) is 4.79 Å². The summed E-state index contributed by atoms with van der Waals surface area (Å²) >= 11 is 3.41. The second kappa shape index (κ2) is 13.8. The third-order valence-electron chi connectivity index (χ3n) is 6.09. The smallest absolute Gasteiger partial charge is 0.319 e. The third-order valence-corrected chi connectivity index (χ3v) is 8.06. The molecule has 2 aromatic carbocycles. The van der Waals surface area contributed by atoms with Crippen LogP contribution in [0, 0.1) is 12.8 Å². The van der Waals surface area contributed by atoms with Gasteiger partial charge in [-0.2, -0.15) is 0 Å². The Labute approximate surface area is 219 Å². The van der Waals surface area contributed by atoms with Crippen molar-refractivity contribution in [1.82, 2.24) is 10.3 Å². The number of pyridine rings is 1. The van der Waals surface area contributed by atoms with E-state index in [-0.39, 0.29) is 11.9 Å². The zero-order valence-corrected chi connectivity index (χ0v) is 23.3. The molecule has 0 bridgehead atoms. The van der Waals surface area contributed by atoms with Crippen LogP contribution in [0.1, 0.15) is 64.0 Å². The fourth-order valence-corrected chi connectivity index (χ4v) is 6.00. The molecule has 6 heteroatoms. The summed E-state index contributed by atoms with van der Waals surface area (Å²) in [6.45, 7) is 11.4. The average Bonchev–Trinajstić information content (AvgIpc) is 2.84. The van der Waals surface area contributed by atoms with Crippen LogP contribution in [-0.4, -0.2) is 29.1 Å². The number of nitrogens with zero attached hydrogens (tertiary/aromatic N) is 1. The molecule has 1 unspecified atom stereocenters. The molecular weight excluding hydrogens is 470 g/mol. The molecule has 1 heterocycles. The highest BCUT2D eigenvalue weighted by Gasteiger charge is 2.19. The quantitative estimate of drug-likeness (QED) is 0.240. The van der Waals surface area contributed by atoms with Crippen molar-refractivity contribution in [3.8, 4) is 0 Å². The molecule has 1 atom stereocenters. The van der Waals surface area contributed by atoms with Crippen molar-refractivity contribution in [1.29, 1.82) is 0 Å². The highest BCUT2D eigenvalue weighted by Crippen LogP contribution is 2.37. The van der Waals surface area contributed by atoms with E-state index in [4.69, 9.17) is 0 Å². The maximum Gasteiger partial charge on any atom is 0.319 e. The van der Waals surface area contributed by atoms with E-state index in [1.807, 2.05) is 6.20 Å². The number of aromatic nitrogens is 1. The number of amides is 2. The molecule has 0 saturated heterocycles. The number of rotatable bonds is 12. The standard InChI is InChI=1S/C29H39N3OS2/c1-6-34-27-21(5)18-30-28(35-7-2)26(27)32-29(33)31-19-23(15-10-12-20(3)4)25-17-11-14-22-13-8-9-16-24(22)25/h8-9,11,13-14,16-18,20,23H,6-7,10,12,15,19H2,1-5H3,(H2,31,32,33). The first-order valence-corrected chi connectivity index (χ1v) is 14.7. The van der Waals surface area contributed by atoms with E-state index < -0.39 is 0 Å². The molecule has 0 aliphatic heterocycles. The number of carbonyl (C=O) groups is 1. The Hall–Kier alpha value is -2.18. The first-order valence-electron chi connectivity index (χ1n) is 12.7. The number of fused-ring (bicyclic) bond motifs is 1. The van der Waals surface area contributed by atoms with Gasteiger partial charge in [-0.1, -0.05) is 83.0 Å². The van der Waals surface area contributed by atoms with Gasteiger partial charge >= 0.3 is 6.03 Å². The van der Waals surface area contributed by atoms with Crippen LogP contribution in [0.25, 0.3) is 10.8 Å². The molecule has 0 aliphatic rings. The van der Waals surface area contributed by atoms with Crippen molar-refractivity contribution in [2.75, 3.05) is 23.4 Å². The van der Waals surface area contributed by atoms with Gasteiger partial charge in [-0.25, -0.2) is 9.78 Å². The van der Waals surface area contributed by atoms with Crippen molar-refractivity contribution in [3.63, 3.8) is 0 Å². The molecule has 35 heavy (non-hydrogen) atoms. The summed E-state index contributed by atoms with van der Waals surface area (Å²) < 4.78 is 0. The minimum atomic E-state index is -0.164. The van der Waals surface area contributed by atoms with E-state index in [1.165, 1.54) is 22.8 Å². The highest BCUT2D eigenvalue weighted by molar-refractivity contribution is 8.00. The Kier molecular flexibility index (Phi) is 10.8. The first-order chi connectivity index (χ1) is 16.9. The average molecular weight is 510 g/mol. The lowest BCUT2D eigenvalue weighted by Crippen LogP contribution is -2.33. The molecule has 0 radical (unpaired) electrons. The number of carbonyl (C=O) groups excluding carboxylic acids is 1. The minimum Gasteiger partial charge on any atom is -0.337 e. The normalized spacial score (nSPS) is 12.2. The lowest BCUT2D eigenvalue weighted by atomic mass is 9.88. The maximum absolute atomic E-state index is 13.1. The molecule has 4 nitrogen and oxygen atoms in total. The van der Waals surface area contributed by atoms with Crippen molar-refractivity contribution >= 4 is 46.0 Å². The predicted molar refractivity (Wildman–Crippen MR) is 154 cm³/mol. The molecule has 2 amide bonds. The van der Waals surface area contributed by atoms with Crippen LogP contribution >= 0.6 is 23.5 Å². The molecule has 2 N–H and O–H groups in total. The Morgan fingerprint density at radius 3 is 2.49 bits per heavy atom. The number of benzene rings is 2. The van der Waals surface area contributed by atoms with E-state index in [0.717, 1.165) is 45.5 Å². The summed E-state index contributed by atoms with van der Waals surface area (Å²) in [7, 11) is 0. The zero-order chi connectivity index (χ0) is 25.2. The molecule has 3 rings (SSSR count). The summed E-state index contributed by atoms with van der Waals surface area (Å²) in [5, 5.41) is 9.75. The fourth-order valence-electron chi connectivity index (χ4n) is 4.38. The lowest BCUT2D eigenvalue weighted by molar-refractivity contribution is 0.251. The largest absolute Gasteiger partial charge is 0.337 e. The van der Waals surface area contributed by atoms with E-state index in [1.54, 1.807) is 23.5 Å². The van der Waals surface area contributed by atoms with Gasteiger partial charge in [0.1, 0.15) is 5.03 Å². The van der Waals surface area contributed by atoms with Gasteiger partial charge < -0.3 is 10.6 Å². The Morgan fingerprint density at radius 1 is 1.00 bits per heavy atom. The number of anilines is 1. The minimum absolute atomic E-state index is 0.164. The van der Waals surface area contributed by atoms with E-state index in [0.29, 0.717) is 12.5 Å². The Balaban J connectivity index is 1.80. The van der Waals surface area contributed by atoms with Crippen LogP contribution in [0.2, 0.25) is 0 Å². The van der Waals surface area contributed by atoms with Crippen molar-refractivity contribution < 1.29 is 4.79 Å². The predicted octanol–water partition coefficient (Wildman–Crippen LogP) is 8.50. The molecule has 3 aromatic rings. The summed E-state index contributed by atoms with van der Waals surface area (Å²) in [5.74, 6) is 2.78. The molecule has 0 aliphatic carbocycles. The Bertz CT molecular complexity index is 1110. The SMILES string of the molecule is CCSc1ncc(C)c(SCC)c1NC(=O)NCC(CCCC(C)C)c1cccc2ccccc12. The van der Waals surface area contributed by atoms with Crippen LogP contribution in [0.5, 0.6) is 0 Å². The van der Waals surface area contributed by atoms with Crippen molar-refractivity contribution in [2.24, 2.45) is 5.92 Å². The molecular formula is C29H39N3OS2. The van der Waals surface area contributed by atoms with Crippen LogP contribution in [0.15, 0.2) is 58.6 Å². The number of nitrogens with one attached hydrogen (secondary N) is 2. The molecule has 0 spiro atoms.